The van der Waals surface area contributed by atoms with E-state index >= 15 is 0 Å². The molecular formula is C13H16N2O3. The lowest BCUT2D eigenvalue weighted by molar-refractivity contribution is -0.149. The van der Waals surface area contributed by atoms with Gasteiger partial charge in [0.05, 0.1) is 6.54 Å². The van der Waals surface area contributed by atoms with Crippen molar-refractivity contribution in [3.8, 4) is 0 Å². The lowest BCUT2D eigenvalue weighted by Crippen LogP contribution is -2.57. The number of likely N-dealkylation sites (N-methyl/N-ethyl adjacent to an activating group) is 1. The SMILES string of the molecule is Cc1ccc(N2CC(=O)N(C)C(C(=O)O)C2)cc1. The Hall–Kier alpha value is -2.04. The number of benzene rings is 1. The molecule has 1 unspecified atom stereocenters. The van der Waals surface area contributed by atoms with Crippen LogP contribution >= 0.6 is 0 Å². The van der Waals surface area contributed by atoms with Crippen molar-refractivity contribution in [1.29, 1.82) is 0 Å². The van der Waals surface area contributed by atoms with Gasteiger partial charge in [0.25, 0.3) is 0 Å². The predicted molar refractivity (Wildman–Crippen MR) is 67.6 cm³/mol. The molecule has 1 N–H and O–H groups in total. The van der Waals surface area contributed by atoms with E-state index in [9.17, 15) is 9.59 Å². The Bertz CT molecular complexity index is 470. The van der Waals surface area contributed by atoms with Crippen molar-refractivity contribution in [1.82, 2.24) is 4.90 Å². The van der Waals surface area contributed by atoms with Crippen molar-refractivity contribution in [2.24, 2.45) is 0 Å². The summed E-state index contributed by atoms with van der Waals surface area (Å²) >= 11 is 0. The maximum absolute atomic E-state index is 11.8. The molecule has 0 spiro atoms. The molecule has 0 bridgehead atoms. The second-order valence-electron chi connectivity index (χ2n) is 4.57. The smallest absolute Gasteiger partial charge is 0.328 e. The Morgan fingerprint density at radius 1 is 1.33 bits per heavy atom. The number of rotatable bonds is 2. The molecule has 1 heterocycles. The van der Waals surface area contributed by atoms with Crippen LogP contribution in [0.5, 0.6) is 0 Å². The van der Waals surface area contributed by atoms with Gasteiger partial charge in [-0.15, -0.1) is 0 Å². The normalized spacial score (nSPS) is 20.1. The molecule has 96 valence electrons. The van der Waals surface area contributed by atoms with Crippen molar-refractivity contribution in [2.45, 2.75) is 13.0 Å². The van der Waals surface area contributed by atoms with Crippen LogP contribution in [0.3, 0.4) is 0 Å². The minimum atomic E-state index is -0.970. The van der Waals surface area contributed by atoms with Crippen LogP contribution in [-0.4, -0.2) is 48.1 Å². The van der Waals surface area contributed by atoms with E-state index in [0.29, 0.717) is 6.54 Å². The third-order valence-electron chi connectivity index (χ3n) is 3.26. The highest BCUT2D eigenvalue weighted by Crippen LogP contribution is 2.19. The summed E-state index contributed by atoms with van der Waals surface area (Å²) in [5.74, 6) is -1.14. The Balaban J connectivity index is 2.22. The standard InChI is InChI=1S/C13H16N2O3/c1-9-3-5-10(6-4-9)15-7-11(13(17)18)14(2)12(16)8-15/h3-6,11H,7-8H2,1-2H3,(H,17,18). The third-order valence-corrected chi connectivity index (χ3v) is 3.26. The lowest BCUT2D eigenvalue weighted by Gasteiger charge is -2.38. The van der Waals surface area contributed by atoms with Gasteiger partial charge in [0.1, 0.15) is 6.04 Å². The van der Waals surface area contributed by atoms with Gasteiger partial charge < -0.3 is 14.9 Å². The summed E-state index contributed by atoms with van der Waals surface area (Å²) in [5.41, 5.74) is 2.02. The molecule has 2 rings (SSSR count). The number of aryl methyl sites for hydroxylation is 1. The summed E-state index contributed by atoms with van der Waals surface area (Å²) in [7, 11) is 1.54. The summed E-state index contributed by atoms with van der Waals surface area (Å²) in [4.78, 5) is 26.0. The largest absolute Gasteiger partial charge is 0.480 e. The van der Waals surface area contributed by atoms with Crippen LogP contribution in [0.4, 0.5) is 5.69 Å². The van der Waals surface area contributed by atoms with Crippen LogP contribution < -0.4 is 4.90 Å². The van der Waals surface area contributed by atoms with E-state index in [1.165, 1.54) is 11.9 Å². The van der Waals surface area contributed by atoms with E-state index in [1.54, 1.807) is 4.90 Å². The molecule has 5 heteroatoms. The van der Waals surface area contributed by atoms with Gasteiger partial charge in [0.15, 0.2) is 0 Å². The Morgan fingerprint density at radius 2 is 1.94 bits per heavy atom. The number of carboxylic acid groups (broad SMARTS) is 1. The van der Waals surface area contributed by atoms with Crippen molar-refractivity contribution >= 4 is 17.6 Å². The first-order valence-electron chi connectivity index (χ1n) is 5.79. The highest BCUT2D eigenvalue weighted by Gasteiger charge is 2.34. The highest BCUT2D eigenvalue weighted by molar-refractivity contribution is 5.89. The topological polar surface area (TPSA) is 60.9 Å². The van der Waals surface area contributed by atoms with Crippen molar-refractivity contribution < 1.29 is 14.7 Å². The first kappa shape index (κ1) is 12.4. The van der Waals surface area contributed by atoms with Crippen molar-refractivity contribution in [3.63, 3.8) is 0 Å². The van der Waals surface area contributed by atoms with Gasteiger partial charge in [-0.25, -0.2) is 4.79 Å². The van der Waals surface area contributed by atoms with Gasteiger partial charge in [-0.3, -0.25) is 4.79 Å². The summed E-state index contributed by atoms with van der Waals surface area (Å²) < 4.78 is 0. The molecule has 1 aromatic carbocycles. The molecule has 0 aliphatic carbocycles. The molecule has 0 saturated carbocycles. The van der Waals surface area contributed by atoms with E-state index in [0.717, 1.165) is 11.3 Å². The fraction of sp³-hybridized carbons (Fsp3) is 0.385. The van der Waals surface area contributed by atoms with Gasteiger partial charge in [-0.05, 0) is 19.1 Å². The van der Waals surface area contributed by atoms with Crippen LogP contribution in [0.15, 0.2) is 24.3 Å². The number of piperazine rings is 1. The van der Waals surface area contributed by atoms with Crippen LogP contribution in [0.1, 0.15) is 5.56 Å². The lowest BCUT2D eigenvalue weighted by atomic mass is 10.1. The molecule has 0 radical (unpaired) electrons. The van der Waals surface area contributed by atoms with E-state index < -0.39 is 12.0 Å². The minimum absolute atomic E-state index is 0.172. The second-order valence-corrected chi connectivity index (χ2v) is 4.57. The van der Waals surface area contributed by atoms with Crippen LogP contribution in [0.2, 0.25) is 0 Å². The Morgan fingerprint density at radius 3 is 2.50 bits per heavy atom. The average Bonchev–Trinajstić information content (AvgIpc) is 2.33. The van der Waals surface area contributed by atoms with E-state index in [1.807, 2.05) is 31.2 Å². The fourth-order valence-corrected chi connectivity index (χ4v) is 2.04. The summed E-state index contributed by atoms with van der Waals surface area (Å²) in [6.45, 7) is 2.53. The number of hydrogen-bond donors (Lipinski definition) is 1. The third kappa shape index (κ3) is 2.30. The number of carboxylic acids is 1. The molecule has 1 amide bonds. The highest BCUT2D eigenvalue weighted by atomic mass is 16.4. The van der Waals surface area contributed by atoms with Gasteiger partial charge in [0.2, 0.25) is 5.91 Å². The van der Waals surface area contributed by atoms with Gasteiger partial charge in [0, 0.05) is 19.3 Å². The molecule has 5 nitrogen and oxygen atoms in total. The Labute approximate surface area is 106 Å². The molecule has 1 aliphatic rings. The number of carbonyl (C=O) groups excluding carboxylic acids is 1. The number of aliphatic carboxylic acids is 1. The zero-order valence-corrected chi connectivity index (χ0v) is 10.5. The zero-order valence-electron chi connectivity index (χ0n) is 10.5. The first-order valence-corrected chi connectivity index (χ1v) is 5.79. The van der Waals surface area contributed by atoms with Crippen LogP contribution in [0, 0.1) is 6.92 Å². The van der Waals surface area contributed by atoms with Crippen LogP contribution in [0.25, 0.3) is 0 Å². The summed E-state index contributed by atoms with van der Waals surface area (Å²) in [5, 5.41) is 9.11. The number of nitrogens with zero attached hydrogens (tertiary/aromatic N) is 2. The number of carbonyl (C=O) groups is 2. The zero-order chi connectivity index (χ0) is 13.3. The number of amides is 1. The quantitative estimate of drug-likeness (QED) is 0.838. The van der Waals surface area contributed by atoms with E-state index in [4.69, 9.17) is 5.11 Å². The number of hydrogen-bond acceptors (Lipinski definition) is 3. The molecule has 1 aliphatic heterocycles. The molecule has 1 atom stereocenters. The van der Waals surface area contributed by atoms with Gasteiger partial charge >= 0.3 is 5.97 Å². The van der Waals surface area contributed by atoms with Gasteiger partial charge in [-0.1, -0.05) is 17.7 Å². The second kappa shape index (κ2) is 4.68. The maximum atomic E-state index is 11.8. The molecule has 1 aromatic rings. The Kier molecular flexibility index (Phi) is 3.23. The van der Waals surface area contributed by atoms with Crippen LogP contribution in [-0.2, 0) is 9.59 Å². The minimum Gasteiger partial charge on any atom is -0.480 e. The van der Waals surface area contributed by atoms with Gasteiger partial charge in [-0.2, -0.15) is 0 Å². The number of anilines is 1. The van der Waals surface area contributed by atoms with Crippen molar-refractivity contribution in [2.75, 3.05) is 25.0 Å². The summed E-state index contributed by atoms with van der Waals surface area (Å²) in [6, 6.07) is 6.94. The fourth-order valence-electron chi connectivity index (χ4n) is 2.04. The first-order chi connectivity index (χ1) is 8.49. The van der Waals surface area contributed by atoms with E-state index in [-0.39, 0.29) is 12.5 Å². The molecule has 1 saturated heterocycles. The predicted octanol–water partition coefficient (Wildman–Crippen LogP) is 0.727. The van der Waals surface area contributed by atoms with Crippen molar-refractivity contribution in [3.05, 3.63) is 29.8 Å². The van der Waals surface area contributed by atoms with E-state index in [2.05, 4.69) is 0 Å². The molecule has 18 heavy (non-hydrogen) atoms. The molecule has 0 aromatic heterocycles. The molecular weight excluding hydrogens is 232 g/mol. The maximum Gasteiger partial charge on any atom is 0.328 e. The molecule has 1 fully saturated rings. The monoisotopic (exact) mass is 248 g/mol. The summed E-state index contributed by atoms with van der Waals surface area (Å²) in [6.07, 6.45) is 0. The average molecular weight is 248 g/mol.